The highest BCUT2D eigenvalue weighted by Crippen LogP contribution is 2.26. The van der Waals surface area contributed by atoms with Crippen LogP contribution >= 0.6 is 0 Å². The summed E-state index contributed by atoms with van der Waals surface area (Å²) in [5, 5.41) is 6.91. The van der Waals surface area contributed by atoms with Crippen LogP contribution in [0.2, 0.25) is 0 Å². The molecule has 0 radical (unpaired) electrons. The SMILES string of the molecule is c1cc(CN2CCNCC2)cc(Cc2nc3ccc(-c4cc(NC5CCC5)ncn4)cc3[nH]2)n1. The third-order valence-electron chi connectivity index (χ3n) is 6.80. The van der Waals surface area contributed by atoms with Gasteiger partial charge in [0.05, 0.1) is 16.7 Å². The zero-order valence-electron chi connectivity index (χ0n) is 19.3. The number of H-pyrrole nitrogens is 1. The van der Waals surface area contributed by atoms with Gasteiger partial charge in [-0.2, -0.15) is 0 Å². The first-order valence-electron chi connectivity index (χ1n) is 12.2. The molecule has 0 bridgehead atoms. The Morgan fingerprint density at radius 2 is 1.91 bits per heavy atom. The highest BCUT2D eigenvalue weighted by molar-refractivity contribution is 5.81. The zero-order valence-corrected chi connectivity index (χ0v) is 19.3. The van der Waals surface area contributed by atoms with Gasteiger partial charge in [-0.1, -0.05) is 6.07 Å². The fourth-order valence-corrected chi connectivity index (χ4v) is 4.68. The van der Waals surface area contributed by atoms with Crippen molar-refractivity contribution >= 4 is 16.9 Å². The molecule has 8 heteroatoms. The molecule has 0 unspecified atom stereocenters. The number of benzene rings is 1. The zero-order chi connectivity index (χ0) is 22.7. The van der Waals surface area contributed by atoms with E-state index < -0.39 is 0 Å². The van der Waals surface area contributed by atoms with E-state index in [2.05, 4.69) is 65.8 Å². The lowest BCUT2D eigenvalue weighted by molar-refractivity contribution is 0.233. The number of nitrogens with one attached hydrogen (secondary N) is 3. The number of nitrogens with zero attached hydrogens (tertiary/aromatic N) is 5. The third-order valence-corrected chi connectivity index (χ3v) is 6.80. The number of aromatic nitrogens is 5. The van der Waals surface area contributed by atoms with Crippen LogP contribution in [0.1, 0.15) is 36.3 Å². The van der Waals surface area contributed by atoms with Crippen molar-refractivity contribution in [2.45, 2.75) is 38.3 Å². The molecule has 1 saturated carbocycles. The number of pyridine rings is 1. The molecule has 2 fully saturated rings. The number of anilines is 1. The standard InChI is InChI=1S/C26H30N8/c1-2-20(3-1)31-25-15-23(29-17-30-25)19-4-5-22-24(13-19)33-26(32-22)14-21-12-18(6-7-28-21)16-34-10-8-27-9-11-34/h4-7,12-13,15,17,20,27H,1-3,8-11,14,16H2,(H,32,33)(H,29,30,31). The minimum atomic E-state index is 0.546. The van der Waals surface area contributed by atoms with Crippen molar-refractivity contribution in [1.29, 1.82) is 0 Å². The van der Waals surface area contributed by atoms with Crippen molar-refractivity contribution in [2.24, 2.45) is 0 Å². The molecule has 4 heterocycles. The van der Waals surface area contributed by atoms with Gasteiger partial charge in [0.25, 0.3) is 0 Å². The quantitative estimate of drug-likeness (QED) is 0.394. The second-order valence-corrected chi connectivity index (χ2v) is 9.33. The van der Waals surface area contributed by atoms with Gasteiger partial charge >= 0.3 is 0 Å². The molecule has 3 aromatic heterocycles. The minimum absolute atomic E-state index is 0.546. The Kier molecular flexibility index (Phi) is 5.91. The first-order chi connectivity index (χ1) is 16.8. The van der Waals surface area contributed by atoms with Crippen molar-refractivity contribution in [3.8, 4) is 11.3 Å². The van der Waals surface area contributed by atoms with Crippen LogP contribution in [-0.2, 0) is 13.0 Å². The number of piperazine rings is 1. The predicted octanol–water partition coefficient (Wildman–Crippen LogP) is 3.38. The van der Waals surface area contributed by atoms with Crippen molar-refractivity contribution in [1.82, 2.24) is 35.1 Å². The van der Waals surface area contributed by atoms with Crippen molar-refractivity contribution in [2.75, 3.05) is 31.5 Å². The molecule has 6 rings (SSSR count). The average Bonchev–Trinajstić information content (AvgIpc) is 3.24. The van der Waals surface area contributed by atoms with Crippen molar-refractivity contribution in [3.63, 3.8) is 0 Å². The van der Waals surface area contributed by atoms with E-state index in [1.165, 1.54) is 24.8 Å². The fraction of sp³-hybridized carbons (Fsp3) is 0.385. The molecule has 8 nitrogen and oxygen atoms in total. The molecule has 1 aliphatic carbocycles. The molecule has 1 aromatic carbocycles. The highest BCUT2D eigenvalue weighted by Gasteiger charge is 2.18. The van der Waals surface area contributed by atoms with Crippen LogP contribution in [0.25, 0.3) is 22.3 Å². The Morgan fingerprint density at radius 3 is 2.76 bits per heavy atom. The topological polar surface area (TPSA) is 94.6 Å². The molecule has 4 aromatic rings. The van der Waals surface area contributed by atoms with E-state index in [-0.39, 0.29) is 0 Å². The smallest absolute Gasteiger partial charge is 0.130 e. The van der Waals surface area contributed by atoms with E-state index in [0.717, 1.165) is 72.4 Å². The number of imidazole rings is 1. The number of fused-ring (bicyclic) bond motifs is 1. The lowest BCUT2D eigenvalue weighted by atomic mass is 9.93. The maximum absolute atomic E-state index is 4.80. The van der Waals surface area contributed by atoms with Crippen LogP contribution in [0, 0.1) is 0 Å². The van der Waals surface area contributed by atoms with E-state index in [1.54, 1.807) is 6.33 Å². The van der Waals surface area contributed by atoms with Crippen molar-refractivity contribution < 1.29 is 0 Å². The number of rotatable bonds is 7. The molecule has 1 aliphatic heterocycles. The number of hydrogen-bond acceptors (Lipinski definition) is 7. The molecule has 0 atom stereocenters. The van der Waals surface area contributed by atoms with Crippen molar-refractivity contribution in [3.05, 3.63) is 66.0 Å². The number of hydrogen-bond donors (Lipinski definition) is 3. The Labute approximate surface area is 199 Å². The molecule has 0 spiro atoms. The summed E-state index contributed by atoms with van der Waals surface area (Å²) in [6.07, 6.45) is 7.97. The van der Waals surface area contributed by atoms with Gasteiger partial charge in [0.1, 0.15) is 18.0 Å². The van der Waals surface area contributed by atoms with Gasteiger partial charge < -0.3 is 15.6 Å². The lowest BCUT2D eigenvalue weighted by Crippen LogP contribution is -2.42. The van der Waals surface area contributed by atoms with Gasteiger partial charge in [0, 0.05) is 68.7 Å². The van der Waals surface area contributed by atoms with Crippen LogP contribution in [-0.4, -0.2) is 62.0 Å². The van der Waals surface area contributed by atoms with Crippen LogP contribution in [0.3, 0.4) is 0 Å². The summed E-state index contributed by atoms with van der Waals surface area (Å²) in [7, 11) is 0. The van der Waals surface area contributed by atoms with E-state index in [0.29, 0.717) is 12.5 Å². The average molecular weight is 455 g/mol. The summed E-state index contributed by atoms with van der Waals surface area (Å²) >= 11 is 0. The highest BCUT2D eigenvalue weighted by atomic mass is 15.2. The van der Waals surface area contributed by atoms with Crippen LogP contribution in [0.5, 0.6) is 0 Å². The van der Waals surface area contributed by atoms with Gasteiger partial charge in [0.2, 0.25) is 0 Å². The molecule has 0 amide bonds. The third kappa shape index (κ3) is 4.78. The van der Waals surface area contributed by atoms with E-state index >= 15 is 0 Å². The molecule has 174 valence electrons. The Balaban J connectivity index is 1.18. The van der Waals surface area contributed by atoms with Gasteiger partial charge in [-0.05, 0) is 49.1 Å². The Bertz CT molecular complexity index is 1270. The van der Waals surface area contributed by atoms with Gasteiger partial charge in [-0.25, -0.2) is 15.0 Å². The first-order valence-corrected chi connectivity index (χ1v) is 12.2. The van der Waals surface area contributed by atoms with Gasteiger partial charge in [-0.3, -0.25) is 9.88 Å². The second kappa shape index (κ2) is 9.48. The van der Waals surface area contributed by atoms with Crippen LogP contribution < -0.4 is 10.6 Å². The summed E-state index contributed by atoms with van der Waals surface area (Å²) in [4.78, 5) is 24.3. The van der Waals surface area contributed by atoms with E-state index in [1.807, 2.05) is 12.3 Å². The predicted molar refractivity (Wildman–Crippen MR) is 134 cm³/mol. The second-order valence-electron chi connectivity index (χ2n) is 9.33. The van der Waals surface area contributed by atoms with E-state index in [9.17, 15) is 0 Å². The summed E-state index contributed by atoms with van der Waals surface area (Å²) in [6.45, 7) is 5.28. The first kappa shape index (κ1) is 21.2. The normalized spacial score (nSPS) is 17.1. The van der Waals surface area contributed by atoms with Crippen LogP contribution in [0.4, 0.5) is 5.82 Å². The summed E-state index contributed by atoms with van der Waals surface area (Å²) in [5.41, 5.74) is 6.28. The molecule has 2 aliphatic rings. The Hall–Kier alpha value is -3.36. The van der Waals surface area contributed by atoms with Gasteiger partial charge in [0.15, 0.2) is 0 Å². The molecule has 1 saturated heterocycles. The fourth-order valence-electron chi connectivity index (χ4n) is 4.68. The monoisotopic (exact) mass is 454 g/mol. The molecule has 34 heavy (non-hydrogen) atoms. The van der Waals surface area contributed by atoms with E-state index in [4.69, 9.17) is 4.98 Å². The largest absolute Gasteiger partial charge is 0.367 e. The summed E-state index contributed by atoms with van der Waals surface area (Å²) in [6, 6.07) is 13.2. The molecule has 3 N–H and O–H groups in total. The molecular weight excluding hydrogens is 424 g/mol. The maximum atomic E-state index is 4.80. The minimum Gasteiger partial charge on any atom is -0.367 e. The Morgan fingerprint density at radius 1 is 1.00 bits per heavy atom. The summed E-state index contributed by atoms with van der Waals surface area (Å²) in [5.74, 6) is 1.82. The van der Waals surface area contributed by atoms with Gasteiger partial charge in [-0.15, -0.1) is 0 Å². The number of aromatic amines is 1. The summed E-state index contributed by atoms with van der Waals surface area (Å²) < 4.78 is 0. The lowest BCUT2D eigenvalue weighted by Gasteiger charge is -2.27. The van der Waals surface area contributed by atoms with Crippen LogP contribution in [0.15, 0.2) is 48.9 Å². The molecular formula is C26H30N8. The maximum Gasteiger partial charge on any atom is 0.130 e.